The van der Waals surface area contributed by atoms with E-state index < -0.39 is 0 Å². The van der Waals surface area contributed by atoms with E-state index in [0.717, 1.165) is 47.4 Å². The lowest BCUT2D eigenvalue weighted by atomic mass is 10.0. The number of aliphatic imine (C=N–C) groups is 1. The molecule has 1 unspecified atom stereocenters. The Hall–Kier alpha value is -2.16. The van der Waals surface area contributed by atoms with Crippen molar-refractivity contribution < 1.29 is 14.2 Å². The Morgan fingerprint density at radius 1 is 1.14 bits per heavy atom. The summed E-state index contributed by atoms with van der Waals surface area (Å²) in [5.41, 5.74) is 2.06. The number of methoxy groups -OCH3 is 1. The fraction of sp³-hybridized carbons (Fsp3) is 0.409. The molecule has 1 aliphatic heterocycles. The Bertz CT molecular complexity index is 814. The first-order valence-electron chi connectivity index (χ1n) is 9.79. The summed E-state index contributed by atoms with van der Waals surface area (Å²) in [4.78, 5) is 4.76. The van der Waals surface area contributed by atoms with E-state index in [9.17, 15) is 0 Å². The average Bonchev–Trinajstić information content (AvgIpc) is 2.97. The minimum absolute atomic E-state index is 0. The van der Waals surface area contributed by atoms with Gasteiger partial charge in [-0.15, -0.1) is 24.0 Å². The number of hydrogen-bond acceptors (Lipinski definition) is 4. The third kappa shape index (κ3) is 6.42. The van der Waals surface area contributed by atoms with Gasteiger partial charge in [0.15, 0.2) is 17.5 Å². The molecule has 6 nitrogen and oxygen atoms in total. The van der Waals surface area contributed by atoms with Crippen LogP contribution < -0.4 is 24.8 Å². The van der Waals surface area contributed by atoms with Gasteiger partial charge < -0.3 is 24.8 Å². The highest BCUT2D eigenvalue weighted by atomic mass is 127. The molecule has 1 atom stereocenters. The second-order valence-corrected chi connectivity index (χ2v) is 6.70. The van der Waals surface area contributed by atoms with Crippen molar-refractivity contribution in [3.63, 3.8) is 0 Å². The summed E-state index contributed by atoms with van der Waals surface area (Å²) in [5.74, 6) is 3.41. The van der Waals surface area contributed by atoms with Crippen LogP contribution in [0.15, 0.2) is 47.5 Å². The fourth-order valence-electron chi connectivity index (χ4n) is 3.08. The minimum atomic E-state index is 0. The molecule has 0 aromatic heterocycles. The Morgan fingerprint density at radius 2 is 1.90 bits per heavy atom. The Labute approximate surface area is 190 Å². The van der Waals surface area contributed by atoms with Crippen molar-refractivity contribution >= 4 is 35.6 Å². The summed E-state index contributed by atoms with van der Waals surface area (Å²) in [6, 6.07) is 13.9. The molecule has 3 rings (SSSR count). The molecule has 0 spiro atoms. The van der Waals surface area contributed by atoms with Crippen molar-refractivity contribution in [2.75, 3.05) is 38.7 Å². The predicted octanol–water partition coefficient (Wildman–Crippen LogP) is 4.66. The highest BCUT2D eigenvalue weighted by Gasteiger charge is 2.13. The molecule has 2 N–H and O–H groups in total. The van der Waals surface area contributed by atoms with E-state index in [1.54, 1.807) is 7.11 Å². The van der Waals surface area contributed by atoms with Crippen molar-refractivity contribution in [3.8, 4) is 17.2 Å². The number of nitrogens with one attached hydrogen (secondary N) is 2. The van der Waals surface area contributed by atoms with Crippen LogP contribution in [0, 0.1) is 0 Å². The van der Waals surface area contributed by atoms with Crippen LogP contribution >= 0.6 is 24.0 Å². The largest absolute Gasteiger partial charge is 0.496 e. The van der Waals surface area contributed by atoms with Gasteiger partial charge in [0.2, 0.25) is 0 Å². The topological polar surface area (TPSA) is 64.1 Å². The number of anilines is 1. The number of benzene rings is 2. The molecule has 0 aliphatic carbocycles. The molecule has 2 aromatic carbocycles. The van der Waals surface area contributed by atoms with Crippen LogP contribution in [-0.2, 0) is 0 Å². The third-order valence-corrected chi connectivity index (χ3v) is 4.55. The van der Waals surface area contributed by atoms with Crippen molar-refractivity contribution in [2.45, 2.75) is 26.2 Å². The zero-order valence-corrected chi connectivity index (χ0v) is 19.6. The van der Waals surface area contributed by atoms with Gasteiger partial charge in [-0.3, -0.25) is 4.99 Å². The fourth-order valence-corrected chi connectivity index (χ4v) is 3.08. The molecular formula is C22H30IN3O3. The van der Waals surface area contributed by atoms with E-state index in [4.69, 9.17) is 19.2 Å². The standard InChI is InChI=1S/C22H29N3O3.HI/c1-4-23-22(24-15-16(2)18-8-5-6-9-19(18)26-3)25-17-10-11-20-21(14-17)28-13-7-12-27-20;/h5-6,8-11,14,16H,4,7,12-13,15H2,1-3H3,(H2,23,24,25);1H. The van der Waals surface area contributed by atoms with E-state index in [1.807, 2.05) is 36.4 Å². The van der Waals surface area contributed by atoms with Crippen LogP contribution in [0.5, 0.6) is 17.2 Å². The van der Waals surface area contributed by atoms with Gasteiger partial charge in [0, 0.05) is 37.2 Å². The molecule has 158 valence electrons. The van der Waals surface area contributed by atoms with Crippen LogP contribution in [0.3, 0.4) is 0 Å². The van der Waals surface area contributed by atoms with Crippen LogP contribution in [0.1, 0.15) is 31.7 Å². The zero-order valence-electron chi connectivity index (χ0n) is 17.2. The molecule has 29 heavy (non-hydrogen) atoms. The smallest absolute Gasteiger partial charge is 0.195 e. The van der Waals surface area contributed by atoms with Gasteiger partial charge in [0.05, 0.1) is 20.3 Å². The van der Waals surface area contributed by atoms with E-state index >= 15 is 0 Å². The first kappa shape index (κ1) is 23.1. The summed E-state index contributed by atoms with van der Waals surface area (Å²) >= 11 is 0. The zero-order chi connectivity index (χ0) is 19.8. The number of ether oxygens (including phenoxy) is 3. The molecule has 0 saturated carbocycles. The number of para-hydroxylation sites is 1. The predicted molar refractivity (Wildman–Crippen MR) is 128 cm³/mol. The summed E-state index contributed by atoms with van der Waals surface area (Å²) in [7, 11) is 1.70. The maximum Gasteiger partial charge on any atom is 0.195 e. The summed E-state index contributed by atoms with van der Waals surface area (Å²) in [6.07, 6.45) is 0.891. The second-order valence-electron chi connectivity index (χ2n) is 6.70. The van der Waals surface area contributed by atoms with Crippen LogP contribution in [-0.4, -0.2) is 39.4 Å². The van der Waals surface area contributed by atoms with E-state index in [1.165, 1.54) is 0 Å². The maximum absolute atomic E-state index is 5.77. The molecule has 0 bridgehead atoms. The van der Waals surface area contributed by atoms with Crippen LogP contribution in [0.25, 0.3) is 0 Å². The SMILES string of the molecule is CCNC(=NCC(C)c1ccccc1OC)Nc1ccc2c(c1)OCCCO2.I. The van der Waals surface area contributed by atoms with Gasteiger partial charge in [-0.2, -0.15) is 0 Å². The molecule has 0 radical (unpaired) electrons. The molecular weight excluding hydrogens is 481 g/mol. The molecule has 1 aliphatic rings. The van der Waals surface area contributed by atoms with Crippen molar-refractivity contribution in [1.82, 2.24) is 5.32 Å². The summed E-state index contributed by atoms with van der Waals surface area (Å²) < 4.78 is 16.9. The van der Waals surface area contributed by atoms with E-state index in [-0.39, 0.29) is 29.9 Å². The minimum Gasteiger partial charge on any atom is -0.496 e. The third-order valence-electron chi connectivity index (χ3n) is 4.55. The highest BCUT2D eigenvalue weighted by molar-refractivity contribution is 14.0. The maximum atomic E-state index is 5.77. The van der Waals surface area contributed by atoms with Gasteiger partial charge in [-0.1, -0.05) is 25.1 Å². The number of halogens is 1. The quantitative estimate of drug-likeness (QED) is 0.336. The molecule has 7 heteroatoms. The second kappa shape index (κ2) is 11.7. The monoisotopic (exact) mass is 511 g/mol. The Kier molecular flexibility index (Phi) is 9.37. The molecule has 0 saturated heterocycles. The van der Waals surface area contributed by atoms with Gasteiger partial charge in [0.1, 0.15) is 5.75 Å². The van der Waals surface area contributed by atoms with Gasteiger partial charge in [0.25, 0.3) is 0 Å². The lowest BCUT2D eigenvalue weighted by molar-refractivity contribution is 0.297. The van der Waals surface area contributed by atoms with Crippen LogP contribution in [0.2, 0.25) is 0 Å². The first-order valence-corrected chi connectivity index (χ1v) is 9.79. The number of rotatable bonds is 6. The Morgan fingerprint density at radius 3 is 2.66 bits per heavy atom. The molecule has 1 heterocycles. The normalized spacial score (nSPS) is 14.2. The van der Waals surface area contributed by atoms with E-state index in [0.29, 0.717) is 19.8 Å². The lowest BCUT2D eigenvalue weighted by Crippen LogP contribution is -2.31. The van der Waals surface area contributed by atoms with Crippen molar-refractivity contribution in [2.24, 2.45) is 4.99 Å². The summed E-state index contributed by atoms with van der Waals surface area (Å²) in [6.45, 7) is 6.97. The van der Waals surface area contributed by atoms with Gasteiger partial charge in [-0.25, -0.2) is 0 Å². The Balaban J connectivity index is 0.00000300. The number of fused-ring (bicyclic) bond motifs is 1. The van der Waals surface area contributed by atoms with Gasteiger partial charge >= 0.3 is 0 Å². The van der Waals surface area contributed by atoms with Gasteiger partial charge in [-0.05, 0) is 30.7 Å². The molecule has 0 amide bonds. The van der Waals surface area contributed by atoms with Crippen molar-refractivity contribution in [1.29, 1.82) is 0 Å². The van der Waals surface area contributed by atoms with Crippen LogP contribution in [0.4, 0.5) is 5.69 Å². The lowest BCUT2D eigenvalue weighted by Gasteiger charge is -2.16. The highest BCUT2D eigenvalue weighted by Crippen LogP contribution is 2.32. The number of guanidine groups is 1. The summed E-state index contributed by atoms with van der Waals surface area (Å²) in [5, 5.41) is 6.65. The molecule has 2 aromatic rings. The number of nitrogens with zero attached hydrogens (tertiary/aromatic N) is 1. The van der Waals surface area contributed by atoms with E-state index in [2.05, 4.69) is 30.5 Å². The van der Waals surface area contributed by atoms with Crippen molar-refractivity contribution in [3.05, 3.63) is 48.0 Å². The average molecular weight is 511 g/mol. The number of hydrogen-bond donors (Lipinski definition) is 2. The first-order chi connectivity index (χ1) is 13.7. The molecule has 0 fully saturated rings.